The first-order valence-corrected chi connectivity index (χ1v) is 7.07. The van der Waals surface area contributed by atoms with E-state index in [0.717, 1.165) is 18.4 Å². The zero-order valence-electron chi connectivity index (χ0n) is 10.5. The van der Waals surface area contributed by atoms with Crippen molar-refractivity contribution in [2.75, 3.05) is 6.54 Å². The number of nitrogens with two attached hydrogens (primary N) is 1. The summed E-state index contributed by atoms with van der Waals surface area (Å²) in [6, 6.07) is 0. The molecule has 16 heavy (non-hydrogen) atoms. The van der Waals surface area contributed by atoms with E-state index in [1.807, 2.05) is 0 Å². The molecule has 92 valence electrons. The van der Waals surface area contributed by atoms with Crippen molar-refractivity contribution in [2.45, 2.75) is 64.1 Å². The largest absolute Gasteiger partial charge is 0.375 e. The second-order valence-corrected chi connectivity index (χ2v) is 6.50. The fraction of sp³-hybridized carbons (Fsp3) is 1.00. The lowest BCUT2D eigenvalue weighted by molar-refractivity contribution is 0.00741. The average Bonchev–Trinajstić information content (AvgIpc) is 2.94. The van der Waals surface area contributed by atoms with Crippen molar-refractivity contribution in [3.05, 3.63) is 0 Å². The fourth-order valence-corrected chi connectivity index (χ4v) is 4.63. The van der Waals surface area contributed by atoms with Crippen LogP contribution in [-0.4, -0.2) is 18.8 Å². The standard InChI is InChI=1S/C14H25NO/c1-10-2-5-13(16-10)8-14(9-15)7-11-3-4-12(14)6-11/h10-13H,2-9,15H2,1H3. The summed E-state index contributed by atoms with van der Waals surface area (Å²) in [5.41, 5.74) is 6.57. The highest BCUT2D eigenvalue weighted by atomic mass is 16.5. The van der Waals surface area contributed by atoms with Gasteiger partial charge < -0.3 is 10.5 Å². The molecule has 2 N–H and O–H groups in total. The Labute approximate surface area is 98.9 Å². The van der Waals surface area contributed by atoms with Gasteiger partial charge in [-0.1, -0.05) is 6.42 Å². The molecule has 3 rings (SSSR count). The van der Waals surface area contributed by atoms with Crippen molar-refractivity contribution < 1.29 is 4.74 Å². The lowest BCUT2D eigenvalue weighted by Gasteiger charge is -2.38. The molecular weight excluding hydrogens is 198 g/mol. The first-order valence-electron chi connectivity index (χ1n) is 7.07. The molecule has 2 heteroatoms. The lowest BCUT2D eigenvalue weighted by Crippen LogP contribution is -2.39. The second kappa shape index (κ2) is 3.99. The minimum atomic E-state index is 0.456. The predicted octanol–water partition coefficient (Wildman–Crippen LogP) is 2.71. The smallest absolute Gasteiger partial charge is 0.0585 e. The van der Waals surface area contributed by atoms with Crippen LogP contribution in [0.15, 0.2) is 0 Å². The summed E-state index contributed by atoms with van der Waals surface area (Å²) in [7, 11) is 0. The van der Waals surface area contributed by atoms with Crippen LogP contribution in [0.2, 0.25) is 0 Å². The van der Waals surface area contributed by atoms with Gasteiger partial charge in [-0.25, -0.2) is 0 Å². The minimum Gasteiger partial charge on any atom is -0.375 e. The molecular formula is C14H25NO. The van der Waals surface area contributed by atoms with Crippen molar-refractivity contribution in [3.63, 3.8) is 0 Å². The molecule has 1 aliphatic heterocycles. The Bertz CT molecular complexity index is 267. The monoisotopic (exact) mass is 223 g/mol. The zero-order chi connectivity index (χ0) is 11.2. The molecule has 2 bridgehead atoms. The molecule has 0 aromatic carbocycles. The molecule has 2 aliphatic carbocycles. The average molecular weight is 223 g/mol. The van der Waals surface area contributed by atoms with Gasteiger partial charge in [0.15, 0.2) is 0 Å². The molecule has 1 heterocycles. The van der Waals surface area contributed by atoms with Crippen molar-refractivity contribution in [2.24, 2.45) is 23.0 Å². The van der Waals surface area contributed by atoms with Gasteiger partial charge >= 0.3 is 0 Å². The van der Waals surface area contributed by atoms with Crippen LogP contribution in [-0.2, 0) is 4.74 Å². The van der Waals surface area contributed by atoms with Gasteiger partial charge in [0, 0.05) is 0 Å². The van der Waals surface area contributed by atoms with Crippen LogP contribution >= 0.6 is 0 Å². The Morgan fingerprint density at radius 1 is 1.25 bits per heavy atom. The van der Waals surface area contributed by atoms with E-state index in [0.29, 0.717) is 17.6 Å². The number of rotatable bonds is 3. The van der Waals surface area contributed by atoms with Gasteiger partial charge in [0.05, 0.1) is 12.2 Å². The van der Waals surface area contributed by atoms with Crippen LogP contribution in [0.1, 0.15) is 51.9 Å². The third kappa shape index (κ3) is 1.70. The molecule has 0 amide bonds. The molecule has 3 fully saturated rings. The summed E-state index contributed by atoms with van der Waals surface area (Å²) in [4.78, 5) is 0. The Morgan fingerprint density at radius 3 is 2.62 bits per heavy atom. The first kappa shape index (κ1) is 11.0. The number of hydrogen-bond acceptors (Lipinski definition) is 2. The summed E-state index contributed by atoms with van der Waals surface area (Å²) >= 11 is 0. The van der Waals surface area contributed by atoms with Crippen LogP contribution in [0, 0.1) is 17.3 Å². The SMILES string of the molecule is CC1CCC(CC2(CN)CC3CCC2C3)O1. The quantitative estimate of drug-likeness (QED) is 0.798. The molecule has 1 saturated heterocycles. The van der Waals surface area contributed by atoms with Gasteiger partial charge in [-0.05, 0) is 69.2 Å². The van der Waals surface area contributed by atoms with Gasteiger partial charge in [-0.3, -0.25) is 0 Å². The van der Waals surface area contributed by atoms with E-state index < -0.39 is 0 Å². The highest BCUT2D eigenvalue weighted by Gasteiger charge is 2.51. The molecule has 5 atom stereocenters. The number of fused-ring (bicyclic) bond motifs is 2. The van der Waals surface area contributed by atoms with Crippen molar-refractivity contribution in [3.8, 4) is 0 Å². The molecule has 0 radical (unpaired) electrons. The molecule has 5 unspecified atom stereocenters. The van der Waals surface area contributed by atoms with E-state index in [4.69, 9.17) is 10.5 Å². The Kier molecular flexibility index (Phi) is 2.75. The van der Waals surface area contributed by atoms with Crippen LogP contribution in [0.5, 0.6) is 0 Å². The maximum absolute atomic E-state index is 6.11. The van der Waals surface area contributed by atoms with Gasteiger partial charge in [0.2, 0.25) is 0 Å². The summed E-state index contributed by atoms with van der Waals surface area (Å²) < 4.78 is 6.00. The molecule has 0 aromatic heterocycles. The van der Waals surface area contributed by atoms with Gasteiger partial charge in [0.25, 0.3) is 0 Å². The second-order valence-electron chi connectivity index (χ2n) is 6.50. The van der Waals surface area contributed by atoms with Crippen LogP contribution in [0.3, 0.4) is 0 Å². The number of ether oxygens (including phenoxy) is 1. The maximum atomic E-state index is 6.11. The number of hydrogen-bond donors (Lipinski definition) is 1. The summed E-state index contributed by atoms with van der Waals surface area (Å²) in [6.07, 6.45) is 10.5. The third-order valence-corrected chi connectivity index (χ3v) is 5.46. The van der Waals surface area contributed by atoms with Crippen molar-refractivity contribution >= 4 is 0 Å². The Morgan fingerprint density at radius 2 is 2.12 bits per heavy atom. The molecule has 0 aromatic rings. The van der Waals surface area contributed by atoms with E-state index in [-0.39, 0.29) is 0 Å². The van der Waals surface area contributed by atoms with E-state index in [1.54, 1.807) is 0 Å². The Hall–Kier alpha value is -0.0800. The molecule has 3 aliphatic rings. The van der Waals surface area contributed by atoms with Gasteiger partial charge in [0.1, 0.15) is 0 Å². The van der Waals surface area contributed by atoms with Crippen LogP contribution in [0.25, 0.3) is 0 Å². The van der Waals surface area contributed by atoms with Crippen molar-refractivity contribution in [1.29, 1.82) is 0 Å². The third-order valence-electron chi connectivity index (χ3n) is 5.46. The minimum absolute atomic E-state index is 0.456. The topological polar surface area (TPSA) is 35.2 Å². The first-order chi connectivity index (χ1) is 7.72. The highest BCUT2D eigenvalue weighted by Crippen LogP contribution is 2.58. The van der Waals surface area contributed by atoms with Crippen molar-refractivity contribution in [1.82, 2.24) is 0 Å². The van der Waals surface area contributed by atoms with Crippen LogP contribution in [0.4, 0.5) is 0 Å². The normalized spacial score (nSPS) is 51.4. The van der Waals surface area contributed by atoms with Gasteiger partial charge in [-0.15, -0.1) is 0 Å². The molecule has 2 nitrogen and oxygen atoms in total. The fourth-order valence-electron chi connectivity index (χ4n) is 4.63. The summed E-state index contributed by atoms with van der Waals surface area (Å²) in [5.74, 6) is 1.91. The predicted molar refractivity (Wildman–Crippen MR) is 65.1 cm³/mol. The molecule has 2 saturated carbocycles. The lowest BCUT2D eigenvalue weighted by atomic mass is 9.69. The van der Waals surface area contributed by atoms with Gasteiger partial charge in [-0.2, -0.15) is 0 Å². The Balaban J connectivity index is 1.67. The van der Waals surface area contributed by atoms with Crippen LogP contribution < -0.4 is 5.73 Å². The summed E-state index contributed by atoms with van der Waals surface area (Å²) in [5, 5.41) is 0. The van der Waals surface area contributed by atoms with E-state index in [2.05, 4.69) is 6.92 Å². The van der Waals surface area contributed by atoms with E-state index >= 15 is 0 Å². The zero-order valence-corrected chi connectivity index (χ0v) is 10.5. The van der Waals surface area contributed by atoms with E-state index in [1.165, 1.54) is 44.9 Å². The summed E-state index contributed by atoms with van der Waals surface area (Å²) in [6.45, 7) is 3.10. The molecule has 0 spiro atoms. The highest BCUT2D eigenvalue weighted by molar-refractivity contribution is 5.02. The van der Waals surface area contributed by atoms with E-state index in [9.17, 15) is 0 Å². The maximum Gasteiger partial charge on any atom is 0.0585 e.